The minimum atomic E-state index is -0.461. The molecule has 0 heterocycles. The first kappa shape index (κ1) is 12.7. The number of hydrogen-bond acceptors (Lipinski definition) is 4. The van der Waals surface area contributed by atoms with Crippen molar-refractivity contribution < 1.29 is 9.72 Å². The quantitative estimate of drug-likeness (QED) is 0.597. The molecule has 0 spiro atoms. The van der Waals surface area contributed by atoms with E-state index in [4.69, 9.17) is 5.73 Å². The van der Waals surface area contributed by atoms with Gasteiger partial charge in [0.05, 0.1) is 4.92 Å². The van der Waals surface area contributed by atoms with Gasteiger partial charge < -0.3 is 11.1 Å². The lowest BCUT2D eigenvalue weighted by molar-refractivity contribution is -0.383. The fraction of sp³-hybridized carbons (Fsp3) is 0.182. The highest BCUT2D eigenvalue weighted by Gasteiger charge is 2.12. The van der Waals surface area contributed by atoms with Crippen molar-refractivity contribution in [2.75, 3.05) is 12.4 Å². The molecule has 6 nitrogen and oxygen atoms in total. The number of primary amides is 1. The molecule has 0 atom stereocenters. The van der Waals surface area contributed by atoms with Crippen molar-refractivity contribution in [3.05, 3.63) is 40.0 Å². The number of nitrogens with one attached hydrogen (secondary N) is 1. The number of nitro benzene ring substituents is 1. The van der Waals surface area contributed by atoms with Crippen molar-refractivity contribution in [1.82, 2.24) is 0 Å². The van der Waals surface area contributed by atoms with Crippen LogP contribution >= 0.6 is 0 Å². The van der Waals surface area contributed by atoms with Gasteiger partial charge in [0.15, 0.2) is 0 Å². The summed E-state index contributed by atoms with van der Waals surface area (Å²) in [4.78, 5) is 20.8. The van der Waals surface area contributed by atoms with Crippen molar-refractivity contribution >= 4 is 23.4 Å². The Morgan fingerprint density at radius 2 is 2.29 bits per heavy atom. The second-order valence-corrected chi connectivity index (χ2v) is 3.36. The smallest absolute Gasteiger partial charge is 0.292 e. The van der Waals surface area contributed by atoms with Crippen LogP contribution < -0.4 is 11.1 Å². The molecule has 0 aliphatic rings. The Hall–Kier alpha value is -2.37. The highest BCUT2D eigenvalue weighted by molar-refractivity contribution is 5.77. The molecule has 1 amide bonds. The van der Waals surface area contributed by atoms with Gasteiger partial charge >= 0.3 is 0 Å². The number of nitrogens with zero attached hydrogens (tertiary/aromatic N) is 1. The summed E-state index contributed by atoms with van der Waals surface area (Å²) in [6.45, 7) is 0. The third kappa shape index (κ3) is 3.60. The fourth-order valence-corrected chi connectivity index (χ4v) is 1.33. The lowest BCUT2D eigenvalue weighted by atomic mass is 10.1. The van der Waals surface area contributed by atoms with Crippen molar-refractivity contribution in [1.29, 1.82) is 0 Å². The van der Waals surface area contributed by atoms with Gasteiger partial charge in [0, 0.05) is 19.5 Å². The minimum Gasteiger partial charge on any atom is -0.383 e. The molecule has 0 saturated carbocycles. The molecule has 3 N–H and O–H groups in total. The maximum absolute atomic E-state index is 10.8. The van der Waals surface area contributed by atoms with E-state index >= 15 is 0 Å². The Labute approximate surface area is 98.3 Å². The maximum atomic E-state index is 10.8. The highest BCUT2D eigenvalue weighted by atomic mass is 16.6. The Balaban J connectivity index is 2.96. The number of nitrogens with two attached hydrogens (primary N) is 1. The van der Waals surface area contributed by atoms with Crippen LogP contribution in [0.15, 0.2) is 24.3 Å². The van der Waals surface area contributed by atoms with Crippen molar-refractivity contribution in [2.45, 2.75) is 6.42 Å². The minimum absolute atomic E-state index is 0.00581. The van der Waals surface area contributed by atoms with Crippen LogP contribution in [0.5, 0.6) is 0 Å². The Morgan fingerprint density at radius 1 is 1.59 bits per heavy atom. The summed E-state index contributed by atoms with van der Waals surface area (Å²) in [5.74, 6) is -0.442. The summed E-state index contributed by atoms with van der Waals surface area (Å²) in [7, 11) is 1.62. The predicted molar refractivity (Wildman–Crippen MR) is 65.5 cm³/mol. The molecule has 90 valence electrons. The SMILES string of the molecule is CNc1ccc(C=CCC(N)=O)cc1[N+](=O)[O-]. The molecule has 17 heavy (non-hydrogen) atoms. The number of rotatable bonds is 5. The predicted octanol–water partition coefficient (Wildman–Crippen LogP) is 1.53. The Kier molecular flexibility index (Phi) is 4.21. The number of benzene rings is 1. The van der Waals surface area contributed by atoms with Crippen LogP contribution in [-0.4, -0.2) is 17.9 Å². The fourth-order valence-electron chi connectivity index (χ4n) is 1.33. The Bertz CT molecular complexity index is 469. The zero-order valence-electron chi connectivity index (χ0n) is 9.34. The van der Waals surface area contributed by atoms with E-state index in [1.807, 2.05) is 0 Å². The second-order valence-electron chi connectivity index (χ2n) is 3.36. The van der Waals surface area contributed by atoms with Crippen LogP contribution in [-0.2, 0) is 4.79 Å². The average molecular weight is 235 g/mol. The average Bonchev–Trinajstić information content (AvgIpc) is 2.28. The van der Waals surface area contributed by atoms with E-state index in [1.54, 1.807) is 31.3 Å². The van der Waals surface area contributed by atoms with E-state index in [9.17, 15) is 14.9 Å². The van der Waals surface area contributed by atoms with Gasteiger partial charge in [-0.15, -0.1) is 0 Å². The molecule has 0 saturated heterocycles. The van der Waals surface area contributed by atoms with Crippen LogP contribution in [0.3, 0.4) is 0 Å². The molecule has 0 aromatic heterocycles. The first-order valence-corrected chi connectivity index (χ1v) is 4.95. The Morgan fingerprint density at radius 3 is 2.82 bits per heavy atom. The van der Waals surface area contributed by atoms with E-state index in [0.29, 0.717) is 11.3 Å². The molecule has 0 radical (unpaired) electrons. The number of anilines is 1. The van der Waals surface area contributed by atoms with E-state index in [0.717, 1.165) is 0 Å². The number of amides is 1. The van der Waals surface area contributed by atoms with Crippen molar-refractivity contribution in [3.8, 4) is 0 Å². The summed E-state index contributed by atoms with van der Waals surface area (Å²) >= 11 is 0. The zero-order chi connectivity index (χ0) is 12.8. The first-order valence-electron chi connectivity index (χ1n) is 4.95. The maximum Gasteiger partial charge on any atom is 0.292 e. The van der Waals surface area contributed by atoms with Crippen LogP contribution in [0.25, 0.3) is 6.08 Å². The van der Waals surface area contributed by atoms with E-state index in [1.165, 1.54) is 6.07 Å². The van der Waals surface area contributed by atoms with Gasteiger partial charge in [-0.05, 0) is 11.6 Å². The third-order valence-electron chi connectivity index (χ3n) is 2.12. The van der Waals surface area contributed by atoms with Gasteiger partial charge in [-0.2, -0.15) is 0 Å². The van der Waals surface area contributed by atoms with E-state index in [2.05, 4.69) is 5.32 Å². The van der Waals surface area contributed by atoms with Crippen molar-refractivity contribution in [3.63, 3.8) is 0 Å². The number of nitro groups is 1. The molecule has 1 aromatic carbocycles. The van der Waals surface area contributed by atoms with Crippen LogP contribution in [0.2, 0.25) is 0 Å². The van der Waals surface area contributed by atoms with Gasteiger partial charge in [-0.1, -0.05) is 18.2 Å². The summed E-state index contributed by atoms with van der Waals surface area (Å²) < 4.78 is 0. The van der Waals surface area contributed by atoms with Crippen LogP contribution in [0.1, 0.15) is 12.0 Å². The van der Waals surface area contributed by atoms with Gasteiger partial charge in [0.1, 0.15) is 5.69 Å². The second kappa shape index (κ2) is 5.64. The molecule has 1 rings (SSSR count). The van der Waals surface area contributed by atoms with Crippen LogP contribution in [0.4, 0.5) is 11.4 Å². The summed E-state index contributed by atoms with van der Waals surface area (Å²) in [6, 6.07) is 4.77. The monoisotopic (exact) mass is 235 g/mol. The van der Waals surface area contributed by atoms with Gasteiger partial charge in [-0.3, -0.25) is 14.9 Å². The highest BCUT2D eigenvalue weighted by Crippen LogP contribution is 2.25. The number of hydrogen-bond donors (Lipinski definition) is 2. The van der Waals surface area contributed by atoms with E-state index in [-0.39, 0.29) is 12.1 Å². The lowest BCUT2D eigenvalue weighted by Gasteiger charge is -2.02. The van der Waals surface area contributed by atoms with Gasteiger partial charge in [0.25, 0.3) is 5.69 Å². The van der Waals surface area contributed by atoms with Gasteiger partial charge in [-0.25, -0.2) is 0 Å². The topological polar surface area (TPSA) is 98.3 Å². The molecule has 6 heteroatoms. The number of carbonyl (C=O) groups is 1. The lowest BCUT2D eigenvalue weighted by Crippen LogP contribution is -2.07. The number of carbonyl (C=O) groups excluding carboxylic acids is 1. The summed E-state index contributed by atoms with van der Waals surface area (Å²) in [5, 5.41) is 13.5. The summed E-state index contributed by atoms with van der Waals surface area (Å²) in [6.07, 6.45) is 3.30. The van der Waals surface area contributed by atoms with Crippen molar-refractivity contribution in [2.24, 2.45) is 5.73 Å². The van der Waals surface area contributed by atoms with Gasteiger partial charge in [0.2, 0.25) is 5.91 Å². The molecule has 0 fully saturated rings. The molecule has 0 bridgehead atoms. The molecule has 1 aromatic rings. The molecule has 0 aliphatic carbocycles. The molecule has 0 unspecified atom stereocenters. The van der Waals surface area contributed by atoms with Crippen LogP contribution in [0, 0.1) is 10.1 Å². The zero-order valence-corrected chi connectivity index (χ0v) is 9.34. The summed E-state index contributed by atoms with van der Waals surface area (Å²) in [5.41, 5.74) is 6.06. The van der Waals surface area contributed by atoms with E-state index < -0.39 is 10.8 Å². The molecule has 0 aliphatic heterocycles. The third-order valence-corrected chi connectivity index (χ3v) is 2.12. The normalized spacial score (nSPS) is 10.4. The standard InChI is InChI=1S/C11H13N3O3/c1-13-9-6-5-8(3-2-4-11(12)15)7-10(9)14(16)17/h2-3,5-7,13H,4H2,1H3,(H2,12,15). The molecular formula is C11H13N3O3. The largest absolute Gasteiger partial charge is 0.383 e. The molecular weight excluding hydrogens is 222 g/mol. The first-order chi connectivity index (χ1) is 8.04.